The predicted octanol–water partition coefficient (Wildman–Crippen LogP) is 6.91. The molecule has 2 aromatic carbocycles. The van der Waals surface area contributed by atoms with Gasteiger partial charge in [-0.2, -0.15) is 0 Å². The highest BCUT2D eigenvalue weighted by molar-refractivity contribution is 7.12. The highest BCUT2D eigenvalue weighted by atomic mass is 32.1. The number of allylic oxidation sites excluding steroid dienone is 1. The van der Waals surface area contributed by atoms with Crippen molar-refractivity contribution in [2.75, 3.05) is 12.4 Å². The van der Waals surface area contributed by atoms with Crippen molar-refractivity contribution >= 4 is 29.1 Å². The molecule has 4 nitrogen and oxygen atoms in total. The Labute approximate surface area is 193 Å². The first-order valence-corrected chi connectivity index (χ1v) is 11.5. The maximum Gasteiger partial charge on any atom is 0.294 e. The van der Waals surface area contributed by atoms with Crippen LogP contribution in [-0.4, -0.2) is 19.1 Å². The van der Waals surface area contributed by atoms with Gasteiger partial charge in [-0.3, -0.25) is 4.79 Å². The molecule has 0 amide bonds. The summed E-state index contributed by atoms with van der Waals surface area (Å²) in [6, 6.07) is 14.5. The van der Waals surface area contributed by atoms with Crippen LogP contribution in [0.15, 0.2) is 48.5 Å². The molecule has 0 radical (unpaired) electrons. The molecule has 166 valence electrons. The molecule has 32 heavy (non-hydrogen) atoms. The zero-order valence-corrected chi connectivity index (χ0v) is 20.2. The molecule has 1 aliphatic rings. The van der Waals surface area contributed by atoms with E-state index in [0.29, 0.717) is 6.47 Å². The predicted molar refractivity (Wildman–Crippen MR) is 133 cm³/mol. The number of hydrogen-bond acceptors (Lipinski definition) is 5. The lowest BCUT2D eigenvalue weighted by molar-refractivity contribution is -0.132. The Morgan fingerprint density at radius 1 is 1.03 bits per heavy atom. The number of fused-ring (bicyclic) bond motifs is 1. The molecule has 0 bridgehead atoms. The summed E-state index contributed by atoms with van der Waals surface area (Å²) in [4.78, 5) is 13.8. The molecule has 0 aliphatic carbocycles. The molecule has 0 spiro atoms. The highest BCUT2D eigenvalue weighted by Crippen LogP contribution is 2.47. The topological polar surface area (TPSA) is 47.6 Å². The van der Waals surface area contributed by atoms with Gasteiger partial charge in [0.15, 0.2) is 6.10 Å². The Kier molecular flexibility index (Phi) is 5.87. The van der Waals surface area contributed by atoms with E-state index in [1.165, 1.54) is 4.88 Å². The third-order valence-electron chi connectivity index (χ3n) is 5.79. The third-order valence-corrected chi connectivity index (χ3v) is 6.84. The number of nitrogens with one attached hydrogen (secondary N) is 1. The minimum atomic E-state index is -0.521. The summed E-state index contributed by atoms with van der Waals surface area (Å²) < 4.78 is 11.5. The first-order valence-electron chi connectivity index (χ1n) is 10.7. The molecule has 1 unspecified atom stereocenters. The number of ether oxygens (including phenoxy) is 2. The van der Waals surface area contributed by atoms with Gasteiger partial charge in [0.25, 0.3) is 6.47 Å². The van der Waals surface area contributed by atoms with Gasteiger partial charge in [-0.1, -0.05) is 23.8 Å². The number of methoxy groups -OCH3 is 1. The fraction of sp³-hybridized carbons (Fsp3) is 0.296. The van der Waals surface area contributed by atoms with E-state index < -0.39 is 6.10 Å². The maximum atomic E-state index is 11.7. The van der Waals surface area contributed by atoms with Crippen LogP contribution in [0.5, 0.6) is 5.75 Å². The van der Waals surface area contributed by atoms with Crippen LogP contribution in [0.1, 0.15) is 53.3 Å². The van der Waals surface area contributed by atoms with Gasteiger partial charge in [-0.25, -0.2) is 0 Å². The third kappa shape index (κ3) is 4.05. The quantitative estimate of drug-likeness (QED) is 0.417. The van der Waals surface area contributed by atoms with Crippen molar-refractivity contribution in [2.45, 2.75) is 46.3 Å². The molecule has 0 saturated carbocycles. The van der Waals surface area contributed by atoms with Gasteiger partial charge >= 0.3 is 0 Å². The summed E-state index contributed by atoms with van der Waals surface area (Å²) in [5.41, 5.74) is 7.17. The molecular formula is C27H29NO3S. The van der Waals surface area contributed by atoms with Gasteiger partial charge in [-0.05, 0) is 76.1 Å². The molecule has 1 atom stereocenters. The Bertz CT molecular complexity index is 1210. The van der Waals surface area contributed by atoms with E-state index in [9.17, 15) is 4.79 Å². The average Bonchev–Trinajstić information content (AvgIpc) is 3.16. The summed E-state index contributed by atoms with van der Waals surface area (Å²) in [7, 11) is 1.68. The van der Waals surface area contributed by atoms with Crippen LogP contribution in [0.25, 0.3) is 16.7 Å². The van der Waals surface area contributed by atoms with Crippen LogP contribution < -0.4 is 10.1 Å². The van der Waals surface area contributed by atoms with Crippen molar-refractivity contribution in [3.05, 3.63) is 75.0 Å². The van der Waals surface area contributed by atoms with E-state index in [4.69, 9.17) is 9.47 Å². The average molecular weight is 448 g/mol. The van der Waals surface area contributed by atoms with E-state index in [0.717, 1.165) is 49.7 Å². The number of hydrogen-bond donors (Lipinski definition) is 1. The second kappa shape index (κ2) is 8.47. The van der Waals surface area contributed by atoms with Gasteiger partial charge in [0.1, 0.15) is 5.75 Å². The number of carbonyl (C=O) groups excluding carboxylic acids is 1. The van der Waals surface area contributed by atoms with Gasteiger partial charge in [0.2, 0.25) is 0 Å². The molecule has 2 heterocycles. The first-order chi connectivity index (χ1) is 15.2. The Hall–Kier alpha value is -3.05. The van der Waals surface area contributed by atoms with Gasteiger partial charge in [-0.15, -0.1) is 11.3 Å². The molecule has 4 rings (SSSR count). The molecule has 0 fully saturated rings. The van der Waals surface area contributed by atoms with Crippen molar-refractivity contribution in [3.8, 4) is 16.9 Å². The largest absolute Gasteiger partial charge is 0.496 e. The Balaban J connectivity index is 2.07. The lowest BCUT2D eigenvalue weighted by Gasteiger charge is -2.34. The number of thiophene rings is 1. The summed E-state index contributed by atoms with van der Waals surface area (Å²) in [5, 5.41) is 3.63. The van der Waals surface area contributed by atoms with Gasteiger partial charge in [0, 0.05) is 32.1 Å². The normalized spacial score (nSPS) is 15.2. The van der Waals surface area contributed by atoms with Crippen LogP contribution in [-0.2, 0) is 9.53 Å². The van der Waals surface area contributed by atoms with Crippen molar-refractivity contribution < 1.29 is 14.3 Å². The molecular weight excluding hydrogens is 418 g/mol. The van der Waals surface area contributed by atoms with Crippen LogP contribution in [0, 0.1) is 13.8 Å². The minimum Gasteiger partial charge on any atom is -0.496 e. The van der Waals surface area contributed by atoms with Gasteiger partial charge in [0.05, 0.1) is 12.6 Å². The zero-order chi connectivity index (χ0) is 23.0. The second-order valence-corrected chi connectivity index (χ2v) is 10.2. The number of anilines is 1. The fourth-order valence-corrected chi connectivity index (χ4v) is 5.54. The standard InChI is InChI=1S/C27H29NO3S/c1-16-7-11-22(30-6)20(13-16)19-9-10-21-24(17(2)14-27(4,5)28-21)25(19)26(31-15-29)23-12-8-18(3)32-23/h7-15,26,28H,1-6H3. The van der Waals surface area contributed by atoms with Gasteiger partial charge < -0.3 is 14.8 Å². The van der Waals surface area contributed by atoms with Crippen molar-refractivity contribution in [1.29, 1.82) is 0 Å². The smallest absolute Gasteiger partial charge is 0.294 e. The number of rotatable bonds is 6. The zero-order valence-electron chi connectivity index (χ0n) is 19.4. The summed E-state index contributed by atoms with van der Waals surface area (Å²) in [5.74, 6) is 0.787. The van der Waals surface area contributed by atoms with E-state index in [1.807, 2.05) is 18.2 Å². The number of carbonyl (C=O) groups is 1. The summed E-state index contributed by atoms with van der Waals surface area (Å²) in [6.45, 7) is 11.1. The Morgan fingerprint density at radius 2 is 1.81 bits per heavy atom. The monoisotopic (exact) mass is 447 g/mol. The fourth-order valence-electron chi connectivity index (χ4n) is 4.61. The van der Waals surface area contributed by atoms with E-state index >= 15 is 0 Å². The second-order valence-electron chi connectivity index (χ2n) is 8.89. The molecule has 0 saturated heterocycles. The van der Waals surface area contributed by atoms with Crippen LogP contribution in [0.2, 0.25) is 0 Å². The lowest BCUT2D eigenvalue weighted by atomic mass is 9.82. The van der Waals surface area contributed by atoms with E-state index in [1.54, 1.807) is 18.4 Å². The molecule has 1 aliphatic heterocycles. The lowest BCUT2D eigenvalue weighted by Crippen LogP contribution is -2.32. The molecule has 3 aromatic rings. The van der Waals surface area contributed by atoms with Crippen molar-refractivity contribution in [1.82, 2.24) is 0 Å². The van der Waals surface area contributed by atoms with Crippen LogP contribution >= 0.6 is 11.3 Å². The van der Waals surface area contributed by atoms with E-state index in [-0.39, 0.29) is 5.54 Å². The van der Waals surface area contributed by atoms with Crippen molar-refractivity contribution in [2.24, 2.45) is 0 Å². The summed E-state index contributed by atoms with van der Waals surface area (Å²) >= 11 is 1.64. The van der Waals surface area contributed by atoms with Crippen LogP contribution in [0.3, 0.4) is 0 Å². The Morgan fingerprint density at radius 3 is 2.47 bits per heavy atom. The van der Waals surface area contributed by atoms with Crippen molar-refractivity contribution in [3.63, 3.8) is 0 Å². The first kappa shape index (κ1) is 22.2. The van der Waals surface area contributed by atoms with E-state index in [2.05, 4.69) is 70.3 Å². The molecule has 1 aromatic heterocycles. The van der Waals surface area contributed by atoms with Crippen LogP contribution in [0.4, 0.5) is 5.69 Å². The maximum absolute atomic E-state index is 11.7. The minimum absolute atomic E-state index is 0.169. The summed E-state index contributed by atoms with van der Waals surface area (Å²) in [6.07, 6.45) is 1.71. The molecule has 1 N–H and O–H groups in total. The number of aryl methyl sites for hydroxylation is 2. The molecule has 5 heteroatoms. The number of benzene rings is 2. The highest BCUT2D eigenvalue weighted by Gasteiger charge is 2.32. The SMILES string of the molecule is COc1ccc(C)cc1-c1ccc2c(c1C(OC=O)c1ccc(C)s1)C(C)=CC(C)(C)N2.